The monoisotopic (exact) mass is 353 g/mol. The number of halogens is 1. The fourth-order valence-electron chi connectivity index (χ4n) is 1.75. The van der Waals surface area contributed by atoms with Crippen LogP contribution >= 0.6 is 11.6 Å². The number of methoxy groups -OCH3 is 1. The average Bonchev–Trinajstić information content (AvgIpc) is 2.56. The Bertz CT molecular complexity index is 742. The first-order chi connectivity index (χ1) is 11.0. The number of benzene rings is 2. The number of nitrogens with one attached hydrogen (secondary N) is 1. The van der Waals surface area contributed by atoms with E-state index in [1.165, 1.54) is 31.4 Å². The summed E-state index contributed by atoms with van der Waals surface area (Å²) in [5.74, 6) is -1.76. The molecule has 0 saturated carbocycles. The smallest absolute Gasteiger partial charge is 0.869 e. The fourth-order valence-corrected chi connectivity index (χ4v) is 1.88. The summed E-state index contributed by atoms with van der Waals surface area (Å²) < 4.78 is 4.99. The molecule has 0 fully saturated rings. The van der Waals surface area contributed by atoms with Crippen LogP contribution in [-0.2, 0) is 4.79 Å². The molecule has 1 N–H and O–H groups in total. The van der Waals surface area contributed by atoms with E-state index in [-0.39, 0.29) is 35.1 Å². The Morgan fingerprint density at radius 3 is 2.21 bits per heavy atom. The molecule has 24 heavy (non-hydrogen) atoms. The molecule has 2 aromatic carbocycles. The minimum Gasteiger partial charge on any atom is -0.869 e. The van der Waals surface area contributed by atoms with Crippen molar-refractivity contribution in [2.45, 2.75) is 0 Å². The molecule has 118 valence electrons. The van der Waals surface area contributed by atoms with Crippen molar-refractivity contribution in [1.82, 2.24) is 0 Å². The van der Waals surface area contributed by atoms with Gasteiger partial charge in [-0.3, -0.25) is 9.59 Å². The van der Waals surface area contributed by atoms with Gasteiger partial charge in [0.1, 0.15) is 5.75 Å². The van der Waals surface area contributed by atoms with Gasteiger partial charge in [-0.25, -0.2) is 0 Å². The van der Waals surface area contributed by atoms with E-state index in [0.29, 0.717) is 16.5 Å². The van der Waals surface area contributed by atoms with Gasteiger partial charge in [-0.15, -0.1) is 0 Å². The van der Waals surface area contributed by atoms with Gasteiger partial charge in [0.2, 0.25) is 5.91 Å². The molecule has 2 rings (SSSR count). The Kier molecular flexibility index (Phi) is 8.01. The van der Waals surface area contributed by atoms with Crippen molar-refractivity contribution in [2.75, 3.05) is 12.4 Å². The summed E-state index contributed by atoms with van der Waals surface area (Å²) in [7, 11) is 1.52. The average molecular weight is 354 g/mol. The molecule has 2 aromatic rings. The largest absolute Gasteiger partial charge is 1.00 e. The van der Waals surface area contributed by atoms with Crippen LogP contribution in [0.25, 0.3) is 0 Å². The molecule has 0 unspecified atom stereocenters. The molecule has 7 heteroatoms. The Hall–Kier alpha value is -1.79. The van der Waals surface area contributed by atoms with Gasteiger partial charge >= 0.3 is 29.6 Å². The molecule has 0 aromatic heterocycles. The Labute approximate surface area is 166 Å². The second-order valence-electron chi connectivity index (χ2n) is 4.56. The molecule has 0 aliphatic rings. The zero-order valence-electron chi connectivity index (χ0n) is 13.2. The molecule has 0 bridgehead atoms. The minimum absolute atomic E-state index is 0. The second-order valence-corrected chi connectivity index (χ2v) is 5.00. The maximum absolute atomic E-state index is 11.9. The Morgan fingerprint density at radius 2 is 1.67 bits per heavy atom. The van der Waals surface area contributed by atoms with Crippen LogP contribution in [0, 0.1) is 0 Å². The van der Waals surface area contributed by atoms with Crippen molar-refractivity contribution in [2.24, 2.45) is 0 Å². The van der Waals surface area contributed by atoms with Gasteiger partial charge < -0.3 is 15.2 Å². The number of ether oxygens (including phenoxy) is 1. The molecular weight excluding hydrogens is 341 g/mol. The van der Waals surface area contributed by atoms with E-state index in [0.717, 1.165) is 6.08 Å². The van der Waals surface area contributed by atoms with Gasteiger partial charge in [0.05, 0.1) is 7.11 Å². The Morgan fingerprint density at radius 1 is 1.08 bits per heavy atom. The van der Waals surface area contributed by atoms with Crippen LogP contribution in [0.2, 0.25) is 5.02 Å². The van der Waals surface area contributed by atoms with E-state index in [4.69, 9.17) is 16.3 Å². The predicted molar refractivity (Wildman–Crippen MR) is 85.5 cm³/mol. The number of amides is 1. The van der Waals surface area contributed by atoms with Crippen LogP contribution in [0.5, 0.6) is 5.75 Å². The number of hydrogen-bond donors (Lipinski definition) is 1. The predicted octanol–water partition coefficient (Wildman–Crippen LogP) is -0.582. The molecule has 0 heterocycles. The second kappa shape index (κ2) is 9.49. The minimum atomic E-state index is -0.930. The van der Waals surface area contributed by atoms with Crippen molar-refractivity contribution in [3.05, 3.63) is 71.0 Å². The number of carbonyl (C=O) groups excluding carboxylic acids is 2. The summed E-state index contributed by atoms with van der Waals surface area (Å²) in [5.41, 5.74) is 0.705. The summed E-state index contributed by atoms with van der Waals surface area (Å²) in [5, 5.41) is 14.7. The molecule has 0 aliphatic heterocycles. The molecule has 1 amide bonds. The van der Waals surface area contributed by atoms with Crippen molar-refractivity contribution < 1.29 is 49.0 Å². The molecule has 0 radical (unpaired) electrons. The van der Waals surface area contributed by atoms with Gasteiger partial charge in [0.25, 0.3) is 0 Å². The van der Waals surface area contributed by atoms with E-state index in [1.54, 1.807) is 24.3 Å². The van der Waals surface area contributed by atoms with Crippen LogP contribution in [0.4, 0.5) is 5.69 Å². The normalized spacial score (nSPS) is 10.5. The number of carbonyl (C=O) groups is 2. The third kappa shape index (κ3) is 5.69. The maximum Gasteiger partial charge on any atom is 1.00 e. The van der Waals surface area contributed by atoms with E-state index in [9.17, 15) is 14.7 Å². The van der Waals surface area contributed by atoms with Gasteiger partial charge in [0, 0.05) is 16.3 Å². The first kappa shape index (κ1) is 20.3. The topological polar surface area (TPSA) is 78.5 Å². The number of ketones is 1. The van der Waals surface area contributed by atoms with E-state index in [1.807, 2.05) is 0 Å². The van der Waals surface area contributed by atoms with E-state index >= 15 is 0 Å². The summed E-state index contributed by atoms with van der Waals surface area (Å²) in [4.78, 5) is 23.7. The summed E-state index contributed by atoms with van der Waals surface area (Å²) >= 11 is 5.72. The SMILES string of the molecule is COc1ccc(NC(=O)C([O-])=CC(=O)c2ccc(Cl)cc2)cc1.[Na+]. The van der Waals surface area contributed by atoms with Crippen LogP contribution in [0.1, 0.15) is 10.4 Å². The van der Waals surface area contributed by atoms with Crippen LogP contribution in [0.15, 0.2) is 60.4 Å². The molecular formula is C17H13ClNNaO4. The number of allylic oxidation sites excluding steroid dienone is 1. The van der Waals surface area contributed by atoms with E-state index in [2.05, 4.69) is 5.32 Å². The number of hydrogen-bond acceptors (Lipinski definition) is 4. The fraction of sp³-hybridized carbons (Fsp3) is 0.0588. The quantitative estimate of drug-likeness (QED) is 0.337. The van der Waals surface area contributed by atoms with Crippen molar-refractivity contribution in [3.8, 4) is 5.75 Å². The Balaban J connectivity index is 0.00000288. The first-order valence-electron chi connectivity index (χ1n) is 6.63. The number of rotatable bonds is 5. The zero-order valence-corrected chi connectivity index (χ0v) is 16.0. The molecule has 0 atom stereocenters. The van der Waals surface area contributed by atoms with Gasteiger partial charge in [-0.05, 0) is 60.4 Å². The summed E-state index contributed by atoms with van der Waals surface area (Å²) in [6.45, 7) is 0. The van der Waals surface area contributed by atoms with Crippen LogP contribution in [-0.4, -0.2) is 18.8 Å². The number of anilines is 1. The van der Waals surface area contributed by atoms with E-state index < -0.39 is 17.4 Å². The van der Waals surface area contributed by atoms with Crippen molar-refractivity contribution >= 4 is 29.0 Å². The van der Waals surface area contributed by atoms with Crippen LogP contribution in [0.3, 0.4) is 0 Å². The summed E-state index contributed by atoms with van der Waals surface area (Å²) in [6, 6.07) is 12.5. The van der Waals surface area contributed by atoms with Crippen LogP contribution < -0.4 is 44.7 Å². The first-order valence-corrected chi connectivity index (χ1v) is 7.01. The van der Waals surface area contributed by atoms with Crippen molar-refractivity contribution in [1.29, 1.82) is 0 Å². The zero-order chi connectivity index (χ0) is 16.8. The third-order valence-electron chi connectivity index (χ3n) is 2.96. The maximum atomic E-state index is 11.9. The molecule has 0 spiro atoms. The standard InChI is InChI=1S/C17H14ClNO4.Na/c1-23-14-8-6-13(7-9-14)19-17(22)16(21)10-15(20)11-2-4-12(18)5-3-11;/h2-10,21H,1H3,(H,19,22);/q;+1/p-1. The van der Waals surface area contributed by atoms with Crippen molar-refractivity contribution in [3.63, 3.8) is 0 Å². The van der Waals surface area contributed by atoms with Gasteiger partial charge in [-0.2, -0.15) is 0 Å². The summed E-state index contributed by atoms with van der Waals surface area (Å²) in [6.07, 6.45) is 0.752. The molecule has 0 saturated heterocycles. The van der Waals surface area contributed by atoms with Gasteiger partial charge in [-0.1, -0.05) is 11.6 Å². The third-order valence-corrected chi connectivity index (χ3v) is 3.21. The molecule has 0 aliphatic carbocycles. The molecule has 5 nitrogen and oxygen atoms in total. The van der Waals surface area contributed by atoms with Gasteiger partial charge in [0.15, 0.2) is 5.78 Å².